The molecule has 0 radical (unpaired) electrons. The van der Waals surface area contributed by atoms with Crippen molar-refractivity contribution in [3.63, 3.8) is 0 Å². The van der Waals surface area contributed by atoms with Crippen LogP contribution in [0.5, 0.6) is 5.75 Å². The highest BCUT2D eigenvalue weighted by Crippen LogP contribution is 2.22. The minimum absolute atomic E-state index is 0.0134. The van der Waals surface area contributed by atoms with Crippen LogP contribution in [-0.2, 0) is 4.79 Å². The fourth-order valence-corrected chi connectivity index (χ4v) is 3.23. The van der Waals surface area contributed by atoms with Crippen LogP contribution in [0.3, 0.4) is 0 Å². The first kappa shape index (κ1) is 25.3. The van der Waals surface area contributed by atoms with Crippen molar-refractivity contribution in [3.8, 4) is 5.75 Å². The number of amides is 1. The molecule has 190 valence electrons. The molecular weight excluding hydrogens is 480 g/mol. The van der Waals surface area contributed by atoms with Gasteiger partial charge in [-0.3, -0.25) is 4.79 Å². The Morgan fingerprint density at radius 1 is 0.811 bits per heavy atom. The molecule has 4 aromatic rings. The number of nitrogens with zero attached hydrogens (tertiary/aromatic N) is 3. The lowest BCUT2D eigenvalue weighted by Gasteiger charge is -2.16. The summed E-state index contributed by atoms with van der Waals surface area (Å²) in [6.45, 7) is 4.06. The van der Waals surface area contributed by atoms with Crippen molar-refractivity contribution < 1.29 is 18.3 Å². The van der Waals surface area contributed by atoms with Crippen molar-refractivity contribution in [2.45, 2.75) is 19.9 Å². The molecule has 4 N–H and O–H groups in total. The Kier molecular flexibility index (Phi) is 8.04. The molecule has 1 atom stereocenters. The van der Waals surface area contributed by atoms with Crippen LogP contribution in [-0.4, -0.2) is 33.5 Å². The summed E-state index contributed by atoms with van der Waals surface area (Å²) in [6.07, 6.45) is 0. The fraction of sp³-hybridized carbons (Fsp3) is 0.154. The number of hydrogen-bond donors (Lipinski definition) is 4. The fourth-order valence-electron chi connectivity index (χ4n) is 3.23. The third kappa shape index (κ3) is 6.88. The molecule has 0 aliphatic rings. The zero-order chi connectivity index (χ0) is 26.2. The summed E-state index contributed by atoms with van der Waals surface area (Å²) in [5.74, 6) is -0.685. The number of hydrogen-bond acceptors (Lipinski definition) is 8. The average molecular weight is 506 g/mol. The van der Waals surface area contributed by atoms with Gasteiger partial charge in [0.2, 0.25) is 23.8 Å². The van der Waals surface area contributed by atoms with Crippen molar-refractivity contribution >= 4 is 40.8 Å². The standard InChI is InChI=1S/C26H25F2N7O2/c1-3-37-18-14-12-17(13-15-18)30-23(36)16(2)29-24-33-25(31-21-10-6-4-8-19(21)27)35-26(34-24)32-22-11-7-5-9-20(22)28/h4-16H,3H2,1-2H3,(H,30,36)(H3,29,31,32,33,34,35). The molecule has 0 fully saturated rings. The minimum atomic E-state index is -0.767. The topological polar surface area (TPSA) is 113 Å². The number of aromatic nitrogens is 3. The van der Waals surface area contributed by atoms with E-state index in [1.165, 1.54) is 24.3 Å². The van der Waals surface area contributed by atoms with E-state index in [1.807, 2.05) is 6.92 Å². The van der Waals surface area contributed by atoms with E-state index >= 15 is 0 Å². The van der Waals surface area contributed by atoms with E-state index in [9.17, 15) is 13.6 Å². The number of para-hydroxylation sites is 2. The Bertz CT molecular complexity index is 1300. The molecule has 37 heavy (non-hydrogen) atoms. The number of halogens is 2. The largest absolute Gasteiger partial charge is 0.494 e. The van der Waals surface area contributed by atoms with Gasteiger partial charge in [-0.05, 0) is 62.4 Å². The highest BCUT2D eigenvalue weighted by molar-refractivity contribution is 5.96. The quantitative estimate of drug-likeness (QED) is 0.224. The van der Waals surface area contributed by atoms with E-state index in [-0.39, 0.29) is 35.1 Å². The van der Waals surface area contributed by atoms with Gasteiger partial charge in [0.15, 0.2) is 0 Å². The zero-order valence-electron chi connectivity index (χ0n) is 20.1. The molecule has 9 nitrogen and oxygen atoms in total. The van der Waals surface area contributed by atoms with Gasteiger partial charge in [0.1, 0.15) is 23.4 Å². The van der Waals surface area contributed by atoms with Crippen LogP contribution in [0.25, 0.3) is 0 Å². The number of anilines is 6. The van der Waals surface area contributed by atoms with E-state index in [1.54, 1.807) is 55.5 Å². The second-order valence-corrected chi connectivity index (χ2v) is 7.83. The maximum atomic E-state index is 14.2. The molecule has 1 unspecified atom stereocenters. The lowest BCUT2D eigenvalue weighted by Crippen LogP contribution is -2.32. The van der Waals surface area contributed by atoms with Crippen LogP contribution in [0, 0.1) is 11.6 Å². The molecule has 1 amide bonds. The summed E-state index contributed by atoms with van der Waals surface area (Å²) in [5, 5.41) is 11.3. The van der Waals surface area contributed by atoms with Crippen molar-refractivity contribution in [3.05, 3.63) is 84.4 Å². The van der Waals surface area contributed by atoms with Gasteiger partial charge in [0.25, 0.3) is 0 Å². The molecule has 1 heterocycles. The number of rotatable bonds is 10. The Labute approximate surface area is 212 Å². The number of nitrogens with one attached hydrogen (secondary N) is 4. The van der Waals surface area contributed by atoms with E-state index in [0.29, 0.717) is 18.0 Å². The predicted octanol–water partition coefficient (Wildman–Crippen LogP) is 5.47. The lowest BCUT2D eigenvalue weighted by atomic mass is 10.2. The van der Waals surface area contributed by atoms with Gasteiger partial charge in [0, 0.05) is 5.69 Å². The first-order valence-electron chi connectivity index (χ1n) is 11.5. The SMILES string of the molecule is CCOc1ccc(NC(=O)C(C)Nc2nc(Nc3ccccc3F)nc(Nc3ccccc3F)n2)cc1. The van der Waals surface area contributed by atoms with Gasteiger partial charge in [-0.1, -0.05) is 24.3 Å². The van der Waals surface area contributed by atoms with Gasteiger partial charge in [-0.15, -0.1) is 0 Å². The van der Waals surface area contributed by atoms with Crippen LogP contribution in [0.4, 0.5) is 43.7 Å². The molecule has 0 aliphatic carbocycles. The van der Waals surface area contributed by atoms with Crippen LogP contribution < -0.4 is 26.0 Å². The first-order chi connectivity index (χ1) is 17.9. The molecular formula is C26H25F2N7O2. The summed E-state index contributed by atoms with van der Waals surface area (Å²) >= 11 is 0. The minimum Gasteiger partial charge on any atom is -0.494 e. The Morgan fingerprint density at radius 3 is 1.84 bits per heavy atom. The van der Waals surface area contributed by atoms with Gasteiger partial charge in [0.05, 0.1) is 18.0 Å². The maximum absolute atomic E-state index is 14.2. The highest BCUT2D eigenvalue weighted by atomic mass is 19.1. The third-order valence-corrected chi connectivity index (χ3v) is 5.05. The van der Waals surface area contributed by atoms with Crippen molar-refractivity contribution in [1.29, 1.82) is 0 Å². The Balaban J connectivity index is 1.54. The second kappa shape index (κ2) is 11.8. The second-order valence-electron chi connectivity index (χ2n) is 7.83. The number of carbonyl (C=O) groups excluding carboxylic acids is 1. The molecule has 0 bridgehead atoms. The predicted molar refractivity (Wildman–Crippen MR) is 139 cm³/mol. The highest BCUT2D eigenvalue weighted by Gasteiger charge is 2.17. The van der Waals surface area contributed by atoms with Gasteiger partial charge >= 0.3 is 0 Å². The molecule has 4 rings (SSSR count). The van der Waals surface area contributed by atoms with Crippen molar-refractivity contribution in [1.82, 2.24) is 15.0 Å². The van der Waals surface area contributed by atoms with Crippen LogP contribution >= 0.6 is 0 Å². The molecule has 0 saturated carbocycles. The van der Waals surface area contributed by atoms with Crippen molar-refractivity contribution in [2.75, 3.05) is 27.9 Å². The molecule has 0 saturated heterocycles. The van der Waals surface area contributed by atoms with Gasteiger partial charge in [-0.25, -0.2) is 8.78 Å². The van der Waals surface area contributed by atoms with Crippen LogP contribution in [0.2, 0.25) is 0 Å². The summed E-state index contributed by atoms with van der Waals surface area (Å²) in [5.41, 5.74) is 0.858. The Morgan fingerprint density at radius 2 is 1.32 bits per heavy atom. The number of carbonyl (C=O) groups is 1. The molecule has 0 aliphatic heterocycles. The maximum Gasteiger partial charge on any atom is 0.246 e. The molecule has 1 aromatic heterocycles. The Hall–Kier alpha value is -4.80. The van der Waals surface area contributed by atoms with E-state index < -0.39 is 17.7 Å². The van der Waals surface area contributed by atoms with Crippen LogP contribution in [0.15, 0.2) is 72.8 Å². The van der Waals surface area contributed by atoms with Crippen molar-refractivity contribution in [2.24, 2.45) is 0 Å². The van der Waals surface area contributed by atoms with E-state index in [2.05, 4.69) is 36.2 Å². The summed E-state index contributed by atoms with van der Waals surface area (Å²) < 4.78 is 33.8. The summed E-state index contributed by atoms with van der Waals surface area (Å²) in [4.78, 5) is 25.5. The number of benzene rings is 3. The molecule has 3 aromatic carbocycles. The third-order valence-electron chi connectivity index (χ3n) is 5.05. The number of ether oxygens (including phenoxy) is 1. The van der Waals surface area contributed by atoms with Crippen LogP contribution in [0.1, 0.15) is 13.8 Å². The van der Waals surface area contributed by atoms with E-state index in [4.69, 9.17) is 4.74 Å². The lowest BCUT2D eigenvalue weighted by molar-refractivity contribution is -0.116. The van der Waals surface area contributed by atoms with Gasteiger partial charge < -0.3 is 26.0 Å². The summed E-state index contributed by atoms with van der Waals surface area (Å²) in [7, 11) is 0. The average Bonchev–Trinajstić information content (AvgIpc) is 2.88. The zero-order valence-corrected chi connectivity index (χ0v) is 20.1. The normalized spacial score (nSPS) is 11.4. The van der Waals surface area contributed by atoms with E-state index in [0.717, 1.165) is 0 Å². The summed E-state index contributed by atoms with van der Waals surface area (Å²) in [6, 6.07) is 18.2. The monoisotopic (exact) mass is 505 g/mol. The first-order valence-corrected chi connectivity index (χ1v) is 11.5. The van der Waals surface area contributed by atoms with Gasteiger partial charge in [-0.2, -0.15) is 15.0 Å². The molecule has 0 spiro atoms. The molecule has 11 heteroatoms. The smallest absolute Gasteiger partial charge is 0.246 e.